The van der Waals surface area contributed by atoms with Crippen molar-refractivity contribution >= 4 is 29.0 Å². The van der Waals surface area contributed by atoms with Gasteiger partial charge in [0, 0.05) is 35.8 Å². The van der Waals surface area contributed by atoms with Crippen molar-refractivity contribution in [2.45, 2.75) is 26.2 Å². The molecule has 0 radical (unpaired) electrons. The Balaban J connectivity index is 0.00000180. The van der Waals surface area contributed by atoms with E-state index in [0.717, 1.165) is 33.7 Å². The average molecular weight is 383 g/mol. The summed E-state index contributed by atoms with van der Waals surface area (Å²) in [5, 5.41) is 1.11. The lowest BCUT2D eigenvalue weighted by Gasteiger charge is -2.28. The maximum absolute atomic E-state index is 5.51. The number of rotatable bonds is 2. The summed E-state index contributed by atoms with van der Waals surface area (Å²) in [4.78, 5) is 7.36. The molecule has 1 aromatic heterocycles. The van der Waals surface area contributed by atoms with Crippen LogP contribution in [-0.2, 0) is 0 Å². The highest BCUT2D eigenvalue weighted by molar-refractivity contribution is 5.88. The molecule has 2 aliphatic rings. The third kappa shape index (κ3) is 3.30. The zero-order chi connectivity index (χ0) is 17.5. The molecule has 0 unspecified atom stereocenters. The van der Waals surface area contributed by atoms with Crippen LogP contribution in [0.3, 0.4) is 0 Å². The summed E-state index contributed by atoms with van der Waals surface area (Å²) in [6.07, 6.45) is 3.94. The van der Waals surface area contributed by atoms with Gasteiger partial charge in [-0.15, -0.1) is 12.4 Å². The monoisotopic (exact) mass is 382 g/mol. The van der Waals surface area contributed by atoms with Gasteiger partial charge in [-0.3, -0.25) is 0 Å². The first-order chi connectivity index (χ1) is 12.8. The molecule has 5 heteroatoms. The highest BCUT2D eigenvalue weighted by atomic mass is 35.5. The molecule has 140 valence electrons. The Morgan fingerprint density at radius 3 is 2.33 bits per heavy atom. The summed E-state index contributed by atoms with van der Waals surface area (Å²) in [5.41, 5.74) is 5.61. The standard InChI is InChI=1S/C22H22N2O2.ClH/c1-15-11-19(23-20-13-22-21(12-18(15)20)25-14-26-22)16-5-7-17(8-6-16)24-9-3-2-4-10-24;/h5-8,11-13H,2-4,9-10,14H2,1H3;1H. The number of aryl methyl sites for hydroxylation is 1. The number of hydrogen-bond acceptors (Lipinski definition) is 4. The molecule has 0 amide bonds. The zero-order valence-electron chi connectivity index (χ0n) is 15.4. The molecule has 0 saturated carbocycles. The molecule has 3 heterocycles. The van der Waals surface area contributed by atoms with Crippen LogP contribution in [0.5, 0.6) is 11.5 Å². The van der Waals surface area contributed by atoms with Crippen molar-refractivity contribution in [2.75, 3.05) is 24.8 Å². The predicted octanol–water partition coefficient (Wildman–Crippen LogP) is 5.35. The van der Waals surface area contributed by atoms with Crippen LogP contribution >= 0.6 is 12.4 Å². The van der Waals surface area contributed by atoms with Crippen molar-refractivity contribution in [3.8, 4) is 22.8 Å². The number of nitrogens with zero attached hydrogens (tertiary/aromatic N) is 2. The van der Waals surface area contributed by atoms with Gasteiger partial charge in [0.15, 0.2) is 11.5 Å². The quantitative estimate of drug-likeness (QED) is 0.598. The van der Waals surface area contributed by atoms with E-state index in [-0.39, 0.29) is 19.2 Å². The van der Waals surface area contributed by atoms with Crippen LogP contribution < -0.4 is 14.4 Å². The molecule has 0 atom stereocenters. The van der Waals surface area contributed by atoms with Crippen molar-refractivity contribution in [1.82, 2.24) is 4.98 Å². The number of fused-ring (bicyclic) bond motifs is 2. The van der Waals surface area contributed by atoms with Gasteiger partial charge in [-0.1, -0.05) is 12.1 Å². The molecule has 0 spiro atoms. The lowest BCUT2D eigenvalue weighted by Crippen LogP contribution is -2.29. The number of aromatic nitrogens is 1. The van der Waals surface area contributed by atoms with Gasteiger partial charge in [0.2, 0.25) is 6.79 Å². The zero-order valence-corrected chi connectivity index (χ0v) is 16.2. The maximum atomic E-state index is 5.51. The fourth-order valence-corrected chi connectivity index (χ4v) is 3.93. The second kappa shape index (κ2) is 7.28. The van der Waals surface area contributed by atoms with Gasteiger partial charge in [0.05, 0.1) is 11.2 Å². The first kappa shape index (κ1) is 17.9. The summed E-state index contributed by atoms with van der Waals surface area (Å²) in [7, 11) is 0. The topological polar surface area (TPSA) is 34.6 Å². The van der Waals surface area contributed by atoms with Crippen LogP contribution in [0.25, 0.3) is 22.2 Å². The van der Waals surface area contributed by atoms with Crippen LogP contribution in [0.2, 0.25) is 0 Å². The lowest BCUT2D eigenvalue weighted by molar-refractivity contribution is 0.174. The highest BCUT2D eigenvalue weighted by Gasteiger charge is 2.17. The van der Waals surface area contributed by atoms with Crippen LogP contribution in [0.1, 0.15) is 24.8 Å². The van der Waals surface area contributed by atoms with Gasteiger partial charge in [-0.05, 0) is 56.0 Å². The molecule has 0 N–H and O–H groups in total. The van der Waals surface area contributed by atoms with Crippen molar-refractivity contribution in [3.05, 3.63) is 48.0 Å². The number of ether oxygens (including phenoxy) is 2. The maximum Gasteiger partial charge on any atom is 0.231 e. The molecule has 0 aliphatic carbocycles. The van der Waals surface area contributed by atoms with Crippen molar-refractivity contribution in [2.24, 2.45) is 0 Å². The summed E-state index contributed by atoms with van der Waals surface area (Å²) in [5.74, 6) is 1.59. The number of benzene rings is 2. The molecule has 5 rings (SSSR count). The van der Waals surface area contributed by atoms with E-state index in [0.29, 0.717) is 0 Å². The Bertz CT molecular complexity index is 966. The van der Waals surface area contributed by atoms with Crippen molar-refractivity contribution in [3.63, 3.8) is 0 Å². The van der Waals surface area contributed by atoms with E-state index in [1.807, 2.05) is 12.1 Å². The summed E-state index contributed by atoms with van der Waals surface area (Å²) in [6.45, 7) is 4.74. The van der Waals surface area contributed by atoms with E-state index >= 15 is 0 Å². The van der Waals surface area contributed by atoms with Crippen LogP contribution in [0.15, 0.2) is 42.5 Å². The second-order valence-electron chi connectivity index (χ2n) is 7.14. The third-order valence-corrected chi connectivity index (χ3v) is 5.39. The van der Waals surface area contributed by atoms with E-state index in [1.165, 1.54) is 43.6 Å². The lowest BCUT2D eigenvalue weighted by atomic mass is 10.0. The molecule has 3 aromatic rings. The normalized spacial score (nSPS) is 15.7. The molecular weight excluding hydrogens is 360 g/mol. The molecule has 4 nitrogen and oxygen atoms in total. The molecule has 2 aromatic carbocycles. The van der Waals surface area contributed by atoms with Gasteiger partial charge in [-0.25, -0.2) is 4.98 Å². The van der Waals surface area contributed by atoms with E-state index < -0.39 is 0 Å². The number of hydrogen-bond donors (Lipinski definition) is 0. The summed E-state index contributed by atoms with van der Waals surface area (Å²) in [6, 6.07) is 15.0. The molecule has 0 bridgehead atoms. The molecular formula is C22H23ClN2O2. The van der Waals surface area contributed by atoms with E-state index in [2.05, 4.69) is 42.2 Å². The summed E-state index contributed by atoms with van der Waals surface area (Å²) >= 11 is 0. The molecule has 2 aliphatic heterocycles. The van der Waals surface area contributed by atoms with Crippen LogP contribution in [0.4, 0.5) is 5.69 Å². The minimum Gasteiger partial charge on any atom is -0.454 e. The van der Waals surface area contributed by atoms with Gasteiger partial charge >= 0.3 is 0 Å². The summed E-state index contributed by atoms with van der Waals surface area (Å²) < 4.78 is 11.0. The number of pyridine rings is 1. The predicted molar refractivity (Wildman–Crippen MR) is 111 cm³/mol. The van der Waals surface area contributed by atoms with Crippen molar-refractivity contribution < 1.29 is 9.47 Å². The largest absolute Gasteiger partial charge is 0.454 e. The highest BCUT2D eigenvalue weighted by Crippen LogP contribution is 2.37. The minimum absolute atomic E-state index is 0. The first-order valence-electron chi connectivity index (χ1n) is 9.34. The Labute approximate surface area is 165 Å². The van der Waals surface area contributed by atoms with Gasteiger partial charge < -0.3 is 14.4 Å². The SMILES string of the molecule is Cc1cc(-c2ccc(N3CCCCC3)cc2)nc2cc3c(cc12)OCO3.Cl. The van der Waals surface area contributed by atoms with Crippen LogP contribution in [-0.4, -0.2) is 24.9 Å². The van der Waals surface area contributed by atoms with Gasteiger partial charge in [0.25, 0.3) is 0 Å². The molecule has 1 fully saturated rings. The molecule has 1 saturated heterocycles. The Morgan fingerprint density at radius 2 is 1.59 bits per heavy atom. The Hall–Kier alpha value is -2.46. The second-order valence-corrected chi connectivity index (χ2v) is 7.14. The fourth-order valence-electron chi connectivity index (χ4n) is 3.93. The smallest absolute Gasteiger partial charge is 0.231 e. The number of piperidine rings is 1. The van der Waals surface area contributed by atoms with E-state index in [9.17, 15) is 0 Å². The van der Waals surface area contributed by atoms with E-state index in [1.54, 1.807) is 0 Å². The third-order valence-electron chi connectivity index (χ3n) is 5.39. The number of halogens is 1. The average Bonchev–Trinajstić information content (AvgIpc) is 3.15. The van der Waals surface area contributed by atoms with Gasteiger partial charge in [-0.2, -0.15) is 0 Å². The van der Waals surface area contributed by atoms with Crippen molar-refractivity contribution in [1.29, 1.82) is 0 Å². The fraction of sp³-hybridized carbons (Fsp3) is 0.318. The van der Waals surface area contributed by atoms with Gasteiger partial charge in [0.1, 0.15) is 0 Å². The first-order valence-corrected chi connectivity index (χ1v) is 9.34. The van der Waals surface area contributed by atoms with E-state index in [4.69, 9.17) is 14.5 Å². The Kier molecular flexibility index (Phi) is 4.83. The Morgan fingerprint density at radius 1 is 0.889 bits per heavy atom. The van der Waals surface area contributed by atoms with Crippen LogP contribution in [0, 0.1) is 6.92 Å². The number of anilines is 1. The minimum atomic E-state index is 0. The molecule has 27 heavy (non-hydrogen) atoms.